The van der Waals surface area contributed by atoms with Crippen LogP contribution in [0.3, 0.4) is 0 Å². The Hall–Kier alpha value is -3.46. The third-order valence-corrected chi connectivity index (χ3v) is 9.53. The lowest BCUT2D eigenvalue weighted by Crippen LogP contribution is -2.25. The summed E-state index contributed by atoms with van der Waals surface area (Å²) < 4.78 is 109. The third kappa shape index (κ3) is 6.08. The van der Waals surface area contributed by atoms with Crippen LogP contribution in [-0.2, 0) is 29.9 Å². The molecule has 8 bridgehead atoms. The van der Waals surface area contributed by atoms with Crippen LogP contribution in [0, 0.1) is 0 Å². The van der Waals surface area contributed by atoms with Crippen molar-refractivity contribution in [2.45, 2.75) is 60.2 Å². The van der Waals surface area contributed by atoms with Crippen LogP contribution in [0.25, 0.3) is 22.5 Å². The SMILES string of the molecule is CC1(C)c2cc(SOOC(F)(F)F)cc(c2)-c2cccc(n2)C(C)(C)c2cccc(n2)-c2cc1cc(S(=O)(=O)C(F)(F)F)c2. The van der Waals surface area contributed by atoms with Gasteiger partial charge in [0.1, 0.15) is 0 Å². The van der Waals surface area contributed by atoms with Crippen LogP contribution in [0.5, 0.6) is 0 Å². The van der Waals surface area contributed by atoms with Gasteiger partial charge < -0.3 is 0 Å². The smallest absolute Gasteiger partial charge is 0.252 e. The number of benzene rings is 2. The molecule has 0 N–H and O–H groups in total. The van der Waals surface area contributed by atoms with E-state index in [1.807, 2.05) is 13.8 Å². The van der Waals surface area contributed by atoms with E-state index in [0.29, 0.717) is 28.2 Å². The fraction of sp³-hybridized carbons (Fsp3) is 0.267. The van der Waals surface area contributed by atoms with Crippen molar-refractivity contribution in [3.63, 3.8) is 0 Å². The molecule has 0 atom stereocenters. The highest BCUT2D eigenvalue weighted by Gasteiger charge is 2.47. The van der Waals surface area contributed by atoms with E-state index in [9.17, 15) is 34.8 Å². The molecule has 6 nitrogen and oxygen atoms in total. The van der Waals surface area contributed by atoms with E-state index < -0.39 is 37.4 Å². The maximum absolute atomic E-state index is 13.8. The van der Waals surface area contributed by atoms with Crippen molar-refractivity contribution in [1.29, 1.82) is 0 Å². The standard InChI is InChI=1S/C30H24F6N2O4S2/c1-27(2)19-11-17(13-21(15-19)43-42-41-29(31,32)33)23-7-5-9-25(37-23)28(3,4)26-10-6-8-24(38-26)18-12-20(27)16-22(14-18)44(39,40)30(34,35)36/h5-16H,1-4H3. The van der Waals surface area contributed by atoms with Crippen molar-refractivity contribution in [2.24, 2.45) is 0 Å². The Labute approximate surface area is 253 Å². The van der Waals surface area contributed by atoms with Gasteiger partial charge in [-0.25, -0.2) is 8.42 Å². The van der Waals surface area contributed by atoms with E-state index in [1.54, 1.807) is 62.4 Å². The van der Waals surface area contributed by atoms with Crippen LogP contribution in [0.4, 0.5) is 26.3 Å². The molecule has 3 heterocycles. The summed E-state index contributed by atoms with van der Waals surface area (Å²) in [5.74, 6) is 0. The maximum Gasteiger partial charge on any atom is 0.550 e. The molecule has 0 radical (unpaired) electrons. The molecule has 0 aliphatic carbocycles. The van der Waals surface area contributed by atoms with Gasteiger partial charge in [0.15, 0.2) is 0 Å². The lowest BCUT2D eigenvalue weighted by atomic mass is 9.76. The topological polar surface area (TPSA) is 78.4 Å². The van der Waals surface area contributed by atoms with Gasteiger partial charge in [-0.2, -0.15) is 17.5 Å². The molecular formula is C30H24F6N2O4S2. The average Bonchev–Trinajstić information content (AvgIpc) is 2.95. The zero-order chi connectivity index (χ0) is 32.3. The first-order valence-corrected chi connectivity index (χ1v) is 15.2. The van der Waals surface area contributed by atoms with E-state index in [0.717, 1.165) is 12.1 Å². The summed E-state index contributed by atoms with van der Waals surface area (Å²) in [7, 11) is -5.77. The van der Waals surface area contributed by atoms with Crippen LogP contribution < -0.4 is 0 Å². The number of rotatable bonds is 4. The summed E-state index contributed by atoms with van der Waals surface area (Å²) in [4.78, 5) is 12.2. The Balaban J connectivity index is 1.83. The van der Waals surface area contributed by atoms with Crippen LogP contribution in [0.15, 0.2) is 82.6 Å². The molecule has 232 valence electrons. The molecule has 5 rings (SSSR count). The molecular weight excluding hydrogens is 630 g/mol. The maximum atomic E-state index is 13.8. The highest BCUT2D eigenvalue weighted by molar-refractivity contribution is 7.94. The summed E-state index contributed by atoms with van der Waals surface area (Å²) in [6.45, 7) is 7.02. The van der Waals surface area contributed by atoms with Gasteiger partial charge in [0.05, 0.1) is 39.7 Å². The molecule has 2 aromatic carbocycles. The van der Waals surface area contributed by atoms with Crippen molar-refractivity contribution < 1.29 is 44.0 Å². The van der Waals surface area contributed by atoms with Gasteiger partial charge in [0, 0.05) is 26.9 Å². The minimum Gasteiger partial charge on any atom is -0.252 e. The van der Waals surface area contributed by atoms with Crippen LogP contribution >= 0.6 is 12.0 Å². The summed E-state index contributed by atoms with van der Waals surface area (Å²) in [6.07, 6.45) is -5.06. The largest absolute Gasteiger partial charge is 0.550 e. The number of nitrogens with zero attached hydrogens (tertiary/aromatic N) is 2. The van der Waals surface area contributed by atoms with Crippen LogP contribution in [-0.4, -0.2) is 30.3 Å². The molecule has 0 spiro atoms. The van der Waals surface area contributed by atoms with Crippen molar-refractivity contribution in [2.75, 3.05) is 0 Å². The number of aromatic nitrogens is 2. The first kappa shape index (κ1) is 31.9. The Morgan fingerprint density at radius 1 is 0.705 bits per heavy atom. The minimum atomic E-state index is -5.77. The van der Waals surface area contributed by atoms with Crippen molar-refractivity contribution >= 4 is 21.9 Å². The van der Waals surface area contributed by atoms with Crippen LogP contribution in [0.1, 0.15) is 50.2 Å². The van der Waals surface area contributed by atoms with Gasteiger partial charge in [0.25, 0.3) is 9.84 Å². The first-order chi connectivity index (χ1) is 20.3. The van der Waals surface area contributed by atoms with Gasteiger partial charge in [-0.3, -0.25) is 9.97 Å². The van der Waals surface area contributed by atoms with Gasteiger partial charge in [-0.15, -0.1) is 18.1 Å². The lowest BCUT2D eigenvalue weighted by Gasteiger charge is -2.29. The minimum absolute atomic E-state index is 0.127. The number of alkyl halides is 6. The highest BCUT2D eigenvalue weighted by atomic mass is 32.2. The number of sulfone groups is 1. The third-order valence-electron chi connectivity index (χ3n) is 7.50. The zero-order valence-corrected chi connectivity index (χ0v) is 25.2. The predicted octanol–water partition coefficient (Wildman–Crippen LogP) is 8.54. The van der Waals surface area contributed by atoms with Crippen molar-refractivity contribution in [1.82, 2.24) is 9.97 Å². The van der Waals surface area contributed by atoms with Crippen molar-refractivity contribution in [3.8, 4) is 22.5 Å². The molecule has 0 amide bonds. The number of hydrogen-bond acceptors (Lipinski definition) is 7. The Bertz CT molecular complexity index is 1860. The summed E-state index contributed by atoms with van der Waals surface area (Å²) >= 11 is 0.282. The van der Waals surface area contributed by atoms with Gasteiger partial charge in [-0.05, 0) is 85.6 Å². The lowest BCUT2D eigenvalue weighted by molar-refractivity contribution is -0.440. The fourth-order valence-electron chi connectivity index (χ4n) is 4.83. The van der Waals surface area contributed by atoms with E-state index in [-0.39, 0.29) is 33.8 Å². The first-order valence-electron chi connectivity index (χ1n) is 13.0. The second-order valence-electron chi connectivity index (χ2n) is 11.2. The summed E-state index contributed by atoms with van der Waals surface area (Å²) in [5, 5.41) is 0. The molecule has 2 aromatic heterocycles. The van der Waals surface area contributed by atoms with E-state index in [4.69, 9.17) is 9.97 Å². The molecule has 4 aromatic rings. The van der Waals surface area contributed by atoms with Gasteiger partial charge in [-0.1, -0.05) is 26.0 Å². The molecule has 0 saturated carbocycles. The Kier molecular flexibility index (Phi) is 7.89. The zero-order valence-electron chi connectivity index (χ0n) is 23.5. The molecule has 1 aliphatic heterocycles. The molecule has 1 aliphatic rings. The molecule has 0 unspecified atom stereocenters. The van der Waals surface area contributed by atoms with E-state index >= 15 is 0 Å². The van der Waals surface area contributed by atoms with E-state index in [1.165, 1.54) is 12.1 Å². The molecule has 0 fully saturated rings. The number of hydrogen-bond donors (Lipinski definition) is 0. The Morgan fingerprint density at radius 3 is 1.75 bits per heavy atom. The number of pyridine rings is 2. The monoisotopic (exact) mass is 654 g/mol. The molecule has 0 saturated heterocycles. The quantitative estimate of drug-likeness (QED) is 0.0945. The van der Waals surface area contributed by atoms with E-state index in [2.05, 4.69) is 9.22 Å². The predicted molar refractivity (Wildman–Crippen MR) is 151 cm³/mol. The normalized spacial score (nSPS) is 15.9. The Morgan fingerprint density at radius 2 is 1.23 bits per heavy atom. The summed E-state index contributed by atoms with van der Waals surface area (Å²) in [5.41, 5.74) is -4.60. The number of fused-ring (bicyclic) bond motifs is 10. The summed E-state index contributed by atoms with van der Waals surface area (Å²) in [6, 6.07) is 18.4. The van der Waals surface area contributed by atoms with Gasteiger partial charge in [0.2, 0.25) is 0 Å². The second-order valence-corrected chi connectivity index (χ2v) is 13.9. The fourth-order valence-corrected chi connectivity index (χ4v) is 6.20. The van der Waals surface area contributed by atoms with Crippen LogP contribution in [0.2, 0.25) is 0 Å². The van der Waals surface area contributed by atoms with Crippen molar-refractivity contribution in [3.05, 3.63) is 95.3 Å². The highest BCUT2D eigenvalue weighted by Crippen LogP contribution is 2.42. The van der Waals surface area contributed by atoms with Gasteiger partial charge >= 0.3 is 11.9 Å². The molecule has 44 heavy (non-hydrogen) atoms. The molecule has 14 heteroatoms. The average molecular weight is 655 g/mol. The second kappa shape index (κ2) is 10.9. The number of halogens is 6.